The van der Waals surface area contributed by atoms with Gasteiger partial charge in [0.25, 0.3) is 0 Å². The molecule has 0 saturated carbocycles. The van der Waals surface area contributed by atoms with Gasteiger partial charge in [-0.3, -0.25) is 24.2 Å². The van der Waals surface area contributed by atoms with Crippen LogP contribution in [0.5, 0.6) is 0 Å². The van der Waals surface area contributed by atoms with Crippen molar-refractivity contribution in [2.45, 2.75) is 61.0 Å². The van der Waals surface area contributed by atoms with E-state index in [1.807, 2.05) is 23.9 Å². The van der Waals surface area contributed by atoms with Crippen molar-refractivity contribution in [1.29, 1.82) is 0 Å². The van der Waals surface area contributed by atoms with Crippen molar-refractivity contribution in [3.05, 3.63) is 29.8 Å². The van der Waals surface area contributed by atoms with Gasteiger partial charge < -0.3 is 9.84 Å². The quantitative estimate of drug-likeness (QED) is 0.351. The Balaban J connectivity index is 0.000000454. The van der Waals surface area contributed by atoms with Gasteiger partial charge in [0, 0.05) is 23.2 Å². The molecule has 4 rings (SSSR count). The molecule has 3 fully saturated rings. The number of imide groups is 1. The van der Waals surface area contributed by atoms with E-state index >= 15 is 0 Å². The van der Waals surface area contributed by atoms with Gasteiger partial charge in [-0.05, 0) is 43.5 Å². The van der Waals surface area contributed by atoms with Gasteiger partial charge in [-0.15, -0.1) is 11.8 Å². The van der Waals surface area contributed by atoms with Crippen LogP contribution in [0.3, 0.4) is 0 Å². The molecule has 0 radical (unpaired) electrons. The maximum absolute atomic E-state index is 13.0. The Kier molecular flexibility index (Phi) is 8.09. The summed E-state index contributed by atoms with van der Waals surface area (Å²) in [6.07, 6.45) is -2.63. The number of rotatable bonds is 5. The molecule has 3 saturated heterocycles. The number of thioether (sulfide) groups is 1. The van der Waals surface area contributed by atoms with Crippen LogP contribution in [0.4, 0.5) is 13.2 Å². The van der Waals surface area contributed by atoms with E-state index in [1.54, 1.807) is 0 Å². The van der Waals surface area contributed by atoms with Gasteiger partial charge in [0.15, 0.2) is 0 Å². The van der Waals surface area contributed by atoms with Gasteiger partial charge >= 0.3 is 18.1 Å². The minimum atomic E-state index is -5.08. The number of carbonyl (C=O) groups excluding carboxylic acids is 3. The number of carboxylic acids is 1. The van der Waals surface area contributed by atoms with E-state index in [2.05, 4.69) is 30.9 Å². The average molecular weight is 531 g/mol. The Bertz CT molecular complexity index is 1030. The van der Waals surface area contributed by atoms with Gasteiger partial charge in [0.05, 0.1) is 18.9 Å². The number of methoxy groups -OCH3 is 1. The highest BCUT2D eigenvalue weighted by atomic mass is 32.2. The molecule has 0 bridgehead atoms. The van der Waals surface area contributed by atoms with Crippen LogP contribution in [-0.4, -0.2) is 76.3 Å². The molecule has 0 spiro atoms. The van der Waals surface area contributed by atoms with Crippen LogP contribution in [0.1, 0.15) is 44.7 Å². The number of carboxylic acid groups (broad SMARTS) is 1. The summed E-state index contributed by atoms with van der Waals surface area (Å²) in [6, 6.07) is 7.98. The van der Waals surface area contributed by atoms with Crippen molar-refractivity contribution in [2.24, 2.45) is 11.8 Å². The number of esters is 1. The summed E-state index contributed by atoms with van der Waals surface area (Å²) >= 11 is 1.83. The number of carbonyl (C=O) groups is 4. The Morgan fingerprint density at radius 1 is 1.22 bits per heavy atom. The molecule has 8 nitrogen and oxygen atoms in total. The molecule has 0 aliphatic carbocycles. The number of amides is 2. The number of ether oxygens (including phenoxy) is 1. The van der Waals surface area contributed by atoms with E-state index in [4.69, 9.17) is 14.6 Å². The van der Waals surface area contributed by atoms with Gasteiger partial charge in [0.1, 0.15) is 5.54 Å². The van der Waals surface area contributed by atoms with Crippen molar-refractivity contribution in [3.63, 3.8) is 0 Å². The maximum atomic E-state index is 13.0. The predicted molar refractivity (Wildman–Crippen MR) is 124 cm³/mol. The molecular formula is C24H29F3N2O6S. The van der Waals surface area contributed by atoms with Crippen LogP contribution in [0, 0.1) is 11.8 Å². The number of nitrogens with zero attached hydrogens (tertiary/aromatic N) is 2. The molecule has 3 heterocycles. The summed E-state index contributed by atoms with van der Waals surface area (Å²) in [5, 5.41) is 7.66. The smallest absolute Gasteiger partial charge is 0.475 e. The predicted octanol–water partition coefficient (Wildman–Crippen LogP) is 3.50. The SMILES string of the molecule is CCC(C)Sc1ccc([C@@H]2[C@H]3C(=O)N(C)C(=O)[C@H]3[C@]3(C(=O)OC)CCCN23)cc1.O=C(O)C(F)(F)F. The highest BCUT2D eigenvalue weighted by molar-refractivity contribution is 7.99. The molecule has 198 valence electrons. The van der Waals surface area contributed by atoms with Crippen LogP contribution in [0.15, 0.2) is 29.2 Å². The van der Waals surface area contributed by atoms with Gasteiger partial charge in [0.2, 0.25) is 11.8 Å². The lowest BCUT2D eigenvalue weighted by Crippen LogP contribution is -2.54. The van der Waals surface area contributed by atoms with E-state index in [-0.39, 0.29) is 17.9 Å². The fourth-order valence-electron chi connectivity index (χ4n) is 5.40. The summed E-state index contributed by atoms with van der Waals surface area (Å²) in [6.45, 7) is 5.05. The molecule has 2 amide bonds. The van der Waals surface area contributed by atoms with Crippen LogP contribution in [0.2, 0.25) is 0 Å². The Morgan fingerprint density at radius 3 is 2.31 bits per heavy atom. The molecule has 3 aliphatic rings. The lowest BCUT2D eigenvalue weighted by molar-refractivity contribution is -0.192. The number of aliphatic carboxylic acids is 1. The zero-order chi connectivity index (χ0) is 27.0. The molecule has 1 aromatic rings. The third-order valence-corrected chi connectivity index (χ3v) is 8.43. The topological polar surface area (TPSA) is 104 Å². The van der Waals surface area contributed by atoms with E-state index in [9.17, 15) is 27.6 Å². The highest BCUT2D eigenvalue weighted by Crippen LogP contribution is 2.59. The van der Waals surface area contributed by atoms with Gasteiger partial charge in [-0.25, -0.2) is 4.79 Å². The first-order valence-corrected chi connectivity index (χ1v) is 12.4. The molecule has 5 atom stereocenters. The number of hydrogen-bond donors (Lipinski definition) is 1. The highest BCUT2D eigenvalue weighted by Gasteiger charge is 2.72. The van der Waals surface area contributed by atoms with E-state index in [1.165, 1.54) is 24.0 Å². The van der Waals surface area contributed by atoms with Crippen LogP contribution < -0.4 is 0 Å². The number of benzene rings is 1. The molecule has 1 unspecified atom stereocenters. The number of fused-ring (bicyclic) bond motifs is 3. The largest absolute Gasteiger partial charge is 0.490 e. The number of likely N-dealkylation sites (tertiary alicyclic amines) is 1. The third kappa shape index (κ3) is 4.72. The van der Waals surface area contributed by atoms with Crippen LogP contribution in [0.25, 0.3) is 0 Å². The molecule has 0 aromatic heterocycles. The van der Waals surface area contributed by atoms with Crippen molar-refractivity contribution in [1.82, 2.24) is 9.80 Å². The first-order chi connectivity index (χ1) is 16.8. The molecule has 12 heteroatoms. The van der Waals surface area contributed by atoms with E-state index in [0.29, 0.717) is 18.2 Å². The minimum absolute atomic E-state index is 0.194. The summed E-state index contributed by atoms with van der Waals surface area (Å²) in [7, 11) is 2.89. The Labute approximate surface area is 211 Å². The fourth-order valence-corrected chi connectivity index (χ4v) is 6.33. The summed E-state index contributed by atoms with van der Waals surface area (Å²) < 4.78 is 36.9. The summed E-state index contributed by atoms with van der Waals surface area (Å²) in [5.74, 6) is -4.82. The van der Waals surface area contributed by atoms with Crippen molar-refractivity contribution in [2.75, 3.05) is 20.7 Å². The Hall–Kier alpha value is -2.60. The second-order valence-corrected chi connectivity index (χ2v) is 10.6. The van der Waals surface area contributed by atoms with Crippen molar-refractivity contribution in [3.8, 4) is 0 Å². The van der Waals surface area contributed by atoms with E-state index < -0.39 is 35.5 Å². The lowest BCUT2D eigenvalue weighted by atomic mass is 9.77. The molecule has 36 heavy (non-hydrogen) atoms. The molecule has 3 aliphatic heterocycles. The number of hydrogen-bond acceptors (Lipinski definition) is 7. The van der Waals surface area contributed by atoms with Gasteiger partial charge in [-0.2, -0.15) is 13.2 Å². The fraction of sp³-hybridized carbons (Fsp3) is 0.583. The summed E-state index contributed by atoms with van der Waals surface area (Å²) in [4.78, 5) is 52.4. The monoisotopic (exact) mass is 530 g/mol. The molecule has 1 aromatic carbocycles. The van der Waals surface area contributed by atoms with Crippen molar-refractivity contribution < 1.29 is 42.2 Å². The first kappa shape index (κ1) is 28.0. The number of alkyl halides is 3. The average Bonchev–Trinajstić information content (AvgIpc) is 3.44. The summed E-state index contributed by atoms with van der Waals surface area (Å²) in [5.41, 5.74) is -0.0521. The Morgan fingerprint density at radius 2 is 1.81 bits per heavy atom. The zero-order valence-electron chi connectivity index (χ0n) is 20.4. The van der Waals surface area contributed by atoms with Crippen molar-refractivity contribution >= 4 is 35.5 Å². The second-order valence-electron chi connectivity index (χ2n) is 9.11. The van der Waals surface area contributed by atoms with Gasteiger partial charge in [-0.1, -0.05) is 26.0 Å². The normalized spacial score (nSPS) is 28.3. The first-order valence-electron chi connectivity index (χ1n) is 11.5. The van der Waals surface area contributed by atoms with E-state index in [0.717, 1.165) is 18.4 Å². The van der Waals surface area contributed by atoms with Crippen LogP contribution in [-0.2, 0) is 23.9 Å². The van der Waals surface area contributed by atoms with Crippen LogP contribution >= 0.6 is 11.8 Å². The third-order valence-electron chi connectivity index (χ3n) is 7.15. The second kappa shape index (κ2) is 10.4. The molecule has 1 N–H and O–H groups in total. The lowest BCUT2D eigenvalue weighted by Gasteiger charge is -2.35. The number of halogens is 3. The standard InChI is InChI=1S/C22H28N2O4S.C2HF3O2/c1-5-13(2)29-15-9-7-14(8-10-15)18-16-17(20(26)23(3)19(16)25)22(21(27)28-4)11-6-12-24(18)22;3-2(4,5)1(6)7/h7-10,13,16-18H,5-6,11-12H2,1-4H3;(H,6,7)/t13?,16-,17-,18+,22-;/m0./s1. The minimum Gasteiger partial charge on any atom is -0.475 e. The zero-order valence-corrected chi connectivity index (χ0v) is 21.2. The maximum Gasteiger partial charge on any atom is 0.490 e. The molecular weight excluding hydrogens is 501 g/mol.